The van der Waals surface area contributed by atoms with Crippen molar-refractivity contribution in [1.29, 1.82) is 5.26 Å². The topological polar surface area (TPSA) is 69.0 Å². The second kappa shape index (κ2) is 4.38. The molecule has 0 aliphatic carbocycles. The molecule has 0 atom stereocenters. The maximum Gasteiger partial charge on any atom is 0.176 e. The minimum atomic E-state index is -0.0749. The van der Waals surface area contributed by atoms with Gasteiger partial charge >= 0.3 is 0 Å². The van der Waals surface area contributed by atoms with Crippen molar-refractivity contribution in [2.45, 2.75) is 13.8 Å². The highest BCUT2D eigenvalue weighted by Crippen LogP contribution is 2.22. The summed E-state index contributed by atoms with van der Waals surface area (Å²) < 4.78 is 0. The summed E-state index contributed by atoms with van der Waals surface area (Å²) in [5.74, 6) is 0.434. The number of carbonyl (C=O) groups excluding carboxylic acids is 1. The smallest absolute Gasteiger partial charge is 0.176 e. The zero-order valence-corrected chi connectivity index (χ0v) is 8.66. The lowest BCUT2D eigenvalue weighted by atomic mass is 10.2. The molecular formula is C11H11N3O. The van der Waals surface area contributed by atoms with E-state index in [9.17, 15) is 4.79 Å². The normalized spacial score (nSPS) is 10.9. The first kappa shape index (κ1) is 10.9. The summed E-state index contributed by atoms with van der Waals surface area (Å²) in [6.07, 6.45) is 1.66. The average molecular weight is 201 g/mol. The standard InChI is InChI=1S/C11H11N3O/c1-7(6-12)4-9-5-10(8(2)15)14-11(9)13-3/h4-5,14H,3H2,1-2H3/b7-4+. The molecular weight excluding hydrogens is 190 g/mol. The minimum Gasteiger partial charge on any atom is -0.337 e. The largest absolute Gasteiger partial charge is 0.337 e. The zero-order valence-electron chi connectivity index (χ0n) is 8.66. The maximum atomic E-state index is 11.1. The van der Waals surface area contributed by atoms with Crippen LogP contribution in [0.25, 0.3) is 6.08 Å². The van der Waals surface area contributed by atoms with Gasteiger partial charge in [0.1, 0.15) is 5.82 Å². The summed E-state index contributed by atoms with van der Waals surface area (Å²) in [5, 5.41) is 8.63. The van der Waals surface area contributed by atoms with Crippen LogP contribution < -0.4 is 0 Å². The van der Waals surface area contributed by atoms with Crippen LogP contribution in [0.4, 0.5) is 5.82 Å². The molecule has 0 saturated heterocycles. The molecule has 0 aromatic carbocycles. The number of nitriles is 1. The fourth-order valence-corrected chi connectivity index (χ4v) is 1.16. The van der Waals surface area contributed by atoms with Gasteiger partial charge in [-0.05, 0) is 25.8 Å². The summed E-state index contributed by atoms with van der Waals surface area (Å²) in [6.45, 7) is 6.54. The van der Waals surface area contributed by atoms with Gasteiger partial charge in [0.2, 0.25) is 0 Å². The predicted octanol–water partition coefficient (Wildman–Crippen LogP) is 2.48. The molecule has 76 valence electrons. The molecule has 0 aliphatic heterocycles. The monoisotopic (exact) mass is 201 g/mol. The van der Waals surface area contributed by atoms with E-state index in [1.54, 1.807) is 19.1 Å². The van der Waals surface area contributed by atoms with Gasteiger partial charge in [0.15, 0.2) is 5.78 Å². The van der Waals surface area contributed by atoms with Crippen LogP contribution in [-0.4, -0.2) is 17.5 Å². The maximum absolute atomic E-state index is 11.1. The molecule has 4 nitrogen and oxygen atoms in total. The molecule has 0 spiro atoms. The SMILES string of the molecule is C=Nc1[nH]c(C(C)=O)cc1/C=C(\C)C#N. The number of aromatic amines is 1. The lowest BCUT2D eigenvalue weighted by molar-refractivity contribution is 0.101. The molecule has 1 aromatic heterocycles. The van der Waals surface area contributed by atoms with Crippen LogP contribution in [0.15, 0.2) is 16.6 Å². The molecule has 1 heterocycles. The number of ketones is 1. The van der Waals surface area contributed by atoms with E-state index in [0.717, 1.165) is 0 Å². The van der Waals surface area contributed by atoms with Crippen LogP contribution in [0.5, 0.6) is 0 Å². The van der Waals surface area contributed by atoms with Crippen LogP contribution in [-0.2, 0) is 0 Å². The van der Waals surface area contributed by atoms with Crippen molar-refractivity contribution in [3.8, 4) is 6.07 Å². The Balaban J connectivity index is 3.24. The van der Waals surface area contributed by atoms with Gasteiger partial charge in [-0.15, -0.1) is 0 Å². The predicted molar refractivity (Wildman–Crippen MR) is 59.3 cm³/mol. The van der Waals surface area contributed by atoms with Crippen molar-refractivity contribution in [1.82, 2.24) is 4.98 Å². The van der Waals surface area contributed by atoms with Gasteiger partial charge in [-0.25, -0.2) is 4.99 Å². The van der Waals surface area contributed by atoms with Gasteiger partial charge in [-0.1, -0.05) is 0 Å². The van der Waals surface area contributed by atoms with Gasteiger partial charge in [0.05, 0.1) is 11.8 Å². The third-order valence-corrected chi connectivity index (χ3v) is 1.91. The number of aliphatic imine (C=N–C) groups is 1. The molecule has 4 heteroatoms. The number of hydrogen-bond donors (Lipinski definition) is 1. The van der Waals surface area contributed by atoms with Crippen LogP contribution in [0, 0.1) is 11.3 Å². The van der Waals surface area contributed by atoms with Crippen molar-refractivity contribution in [2.24, 2.45) is 4.99 Å². The molecule has 0 unspecified atom stereocenters. The fraction of sp³-hybridized carbons (Fsp3) is 0.182. The number of carbonyl (C=O) groups is 1. The summed E-state index contributed by atoms with van der Waals surface area (Å²) in [7, 11) is 0. The Morgan fingerprint density at radius 1 is 1.67 bits per heavy atom. The second-order valence-corrected chi connectivity index (χ2v) is 3.14. The quantitative estimate of drug-likeness (QED) is 0.463. The Morgan fingerprint density at radius 2 is 2.33 bits per heavy atom. The van der Waals surface area contributed by atoms with Crippen LogP contribution in [0.3, 0.4) is 0 Å². The van der Waals surface area contributed by atoms with Crippen LogP contribution in [0.2, 0.25) is 0 Å². The van der Waals surface area contributed by atoms with Gasteiger partial charge in [-0.2, -0.15) is 5.26 Å². The Hall–Kier alpha value is -2.15. The van der Waals surface area contributed by atoms with Crippen molar-refractivity contribution in [2.75, 3.05) is 0 Å². The molecule has 0 radical (unpaired) electrons. The first-order chi connectivity index (χ1) is 7.08. The summed E-state index contributed by atoms with van der Waals surface area (Å²) in [6, 6.07) is 3.66. The summed E-state index contributed by atoms with van der Waals surface area (Å²) in [4.78, 5) is 17.7. The molecule has 0 amide bonds. The summed E-state index contributed by atoms with van der Waals surface area (Å²) in [5.41, 5.74) is 1.72. The van der Waals surface area contributed by atoms with Crippen LogP contribution >= 0.6 is 0 Å². The number of H-pyrrole nitrogens is 1. The van der Waals surface area contributed by atoms with E-state index in [1.807, 2.05) is 6.07 Å². The fourth-order valence-electron chi connectivity index (χ4n) is 1.16. The number of rotatable bonds is 3. The molecule has 0 fully saturated rings. The third-order valence-electron chi connectivity index (χ3n) is 1.91. The lowest BCUT2D eigenvalue weighted by Crippen LogP contribution is -1.89. The number of Topliss-reactive ketones (excluding diaryl/α,β-unsaturated/α-hetero) is 1. The van der Waals surface area contributed by atoms with E-state index in [0.29, 0.717) is 22.6 Å². The Morgan fingerprint density at radius 3 is 2.80 bits per heavy atom. The molecule has 0 aliphatic rings. The highest BCUT2D eigenvalue weighted by molar-refractivity contribution is 5.94. The van der Waals surface area contributed by atoms with Crippen molar-refractivity contribution < 1.29 is 4.79 Å². The van der Waals surface area contributed by atoms with Gasteiger partial charge in [0.25, 0.3) is 0 Å². The molecule has 1 rings (SSSR count). The molecule has 1 N–H and O–H groups in total. The Kier molecular flexibility index (Phi) is 3.19. The molecule has 0 bridgehead atoms. The first-order valence-corrected chi connectivity index (χ1v) is 4.37. The average Bonchev–Trinajstić information content (AvgIpc) is 2.61. The minimum absolute atomic E-state index is 0.0749. The highest BCUT2D eigenvalue weighted by Gasteiger charge is 2.08. The Bertz CT molecular complexity index is 475. The van der Waals surface area contributed by atoms with Crippen molar-refractivity contribution in [3.05, 3.63) is 22.9 Å². The van der Waals surface area contributed by atoms with Gasteiger partial charge in [0, 0.05) is 18.1 Å². The van der Waals surface area contributed by atoms with Crippen molar-refractivity contribution >= 4 is 24.4 Å². The second-order valence-electron chi connectivity index (χ2n) is 3.14. The summed E-state index contributed by atoms with van der Waals surface area (Å²) >= 11 is 0. The van der Waals surface area contributed by atoms with E-state index < -0.39 is 0 Å². The van der Waals surface area contributed by atoms with Crippen molar-refractivity contribution in [3.63, 3.8) is 0 Å². The number of nitrogens with zero attached hydrogens (tertiary/aromatic N) is 2. The number of nitrogens with one attached hydrogen (secondary N) is 1. The van der Waals surface area contributed by atoms with E-state index >= 15 is 0 Å². The number of aromatic nitrogens is 1. The van der Waals surface area contributed by atoms with Crippen LogP contribution in [0.1, 0.15) is 29.9 Å². The molecule has 15 heavy (non-hydrogen) atoms. The van der Waals surface area contributed by atoms with E-state index in [1.165, 1.54) is 6.92 Å². The Labute approximate surface area is 88.0 Å². The first-order valence-electron chi connectivity index (χ1n) is 4.37. The number of allylic oxidation sites excluding steroid dienone is 1. The zero-order chi connectivity index (χ0) is 11.4. The van der Waals surface area contributed by atoms with Gasteiger partial charge in [-0.3, -0.25) is 4.79 Å². The lowest BCUT2D eigenvalue weighted by Gasteiger charge is -1.89. The molecule has 0 saturated carbocycles. The molecule has 1 aromatic rings. The number of hydrogen-bond acceptors (Lipinski definition) is 3. The third kappa shape index (κ3) is 2.41. The van der Waals surface area contributed by atoms with E-state index in [-0.39, 0.29) is 5.78 Å². The van der Waals surface area contributed by atoms with E-state index in [2.05, 4.69) is 16.7 Å². The van der Waals surface area contributed by atoms with Gasteiger partial charge < -0.3 is 4.98 Å². The van der Waals surface area contributed by atoms with E-state index in [4.69, 9.17) is 5.26 Å². The highest BCUT2D eigenvalue weighted by atomic mass is 16.1.